The van der Waals surface area contributed by atoms with Gasteiger partial charge in [0, 0.05) is 17.1 Å². The number of benzene rings is 2. The first kappa shape index (κ1) is 14.7. The molecular formula is C20H17NO3. The lowest BCUT2D eigenvalue weighted by Crippen LogP contribution is -2.02. The highest BCUT2D eigenvalue weighted by Crippen LogP contribution is 2.35. The topological polar surface area (TPSA) is 59.4 Å². The van der Waals surface area contributed by atoms with E-state index in [0.29, 0.717) is 11.4 Å². The van der Waals surface area contributed by atoms with E-state index in [1.807, 2.05) is 42.5 Å². The first-order valence-electron chi connectivity index (χ1n) is 8.06. The summed E-state index contributed by atoms with van der Waals surface area (Å²) in [5.41, 5.74) is 2.45. The number of carboxylic acids is 1. The van der Waals surface area contributed by atoms with Crippen LogP contribution in [0.25, 0.3) is 22.0 Å². The summed E-state index contributed by atoms with van der Waals surface area (Å²) in [6.07, 6.45) is 4.07. The normalized spacial score (nSPS) is 13.8. The van der Waals surface area contributed by atoms with Gasteiger partial charge in [-0.05, 0) is 48.6 Å². The molecular weight excluding hydrogens is 302 g/mol. The van der Waals surface area contributed by atoms with E-state index < -0.39 is 5.97 Å². The van der Waals surface area contributed by atoms with Crippen molar-refractivity contribution >= 4 is 16.9 Å². The lowest BCUT2D eigenvalue weighted by Gasteiger charge is -2.13. The van der Waals surface area contributed by atoms with Gasteiger partial charge in [0.25, 0.3) is 0 Å². The Morgan fingerprint density at radius 2 is 2.00 bits per heavy atom. The molecule has 0 bridgehead atoms. The molecule has 1 aromatic heterocycles. The lowest BCUT2D eigenvalue weighted by atomic mass is 9.99. The number of rotatable bonds is 5. The van der Waals surface area contributed by atoms with Crippen molar-refractivity contribution in [2.45, 2.75) is 12.8 Å². The van der Waals surface area contributed by atoms with Crippen LogP contribution in [0.3, 0.4) is 0 Å². The van der Waals surface area contributed by atoms with Crippen molar-refractivity contribution in [1.29, 1.82) is 0 Å². The second-order valence-electron chi connectivity index (χ2n) is 6.15. The zero-order valence-electron chi connectivity index (χ0n) is 13.1. The number of aromatic nitrogens is 1. The Hall–Kier alpha value is -2.88. The number of hydrogen-bond donors (Lipinski definition) is 1. The quantitative estimate of drug-likeness (QED) is 0.758. The predicted octanol–water partition coefficient (Wildman–Crippen LogP) is 4.39. The first-order valence-corrected chi connectivity index (χ1v) is 8.06. The summed E-state index contributed by atoms with van der Waals surface area (Å²) in [6.45, 7) is 0.720. The van der Waals surface area contributed by atoms with Crippen molar-refractivity contribution < 1.29 is 14.6 Å². The number of aromatic carboxylic acids is 1. The number of nitrogens with zero attached hydrogens (tertiary/aromatic N) is 1. The monoisotopic (exact) mass is 319 g/mol. The Kier molecular flexibility index (Phi) is 3.65. The molecule has 0 spiro atoms. The van der Waals surface area contributed by atoms with E-state index >= 15 is 0 Å². The van der Waals surface area contributed by atoms with E-state index in [2.05, 4.69) is 4.98 Å². The standard InChI is InChI=1S/C20H17NO3/c22-20(23)17-11-15(10-14-4-3-9-21-19(14)17)16-5-1-2-6-18(16)24-12-13-7-8-13/h1-6,9-11,13H,7-8,12H2,(H,22,23). The highest BCUT2D eigenvalue weighted by molar-refractivity contribution is 6.04. The van der Waals surface area contributed by atoms with Crippen molar-refractivity contribution in [3.05, 3.63) is 60.3 Å². The largest absolute Gasteiger partial charge is 0.493 e. The van der Waals surface area contributed by atoms with Gasteiger partial charge < -0.3 is 9.84 Å². The number of carbonyl (C=O) groups is 1. The van der Waals surface area contributed by atoms with Crippen LogP contribution in [0.4, 0.5) is 0 Å². The van der Waals surface area contributed by atoms with Gasteiger partial charge in [0.05, 0.1) is 17.7 Å². The molecule has 0 aliphatic heterocycles. The van der Waals surface area contributed by atoms with Crippen LogP contribution >= 0.6 is 0 Å². The summed E-state index contributed by atoms with van der Waals surface area (Å²) in [5, 5.41) is 10.3. The highest BCUT2D eigenvalue weighted by Gasteiger charge is 2.22. The van der Waals surface area contributed by atoms with E-state index in [1.54, 1.807) is 12.3 Å². The Morgan fingerprint density at radius 1 is 1.17 bits per heavy atom. The van der Waals surface area contributed by atoms with Crippen LogP contribution in [0.1, 0.15) is 23.2 Å². The fourth-order valence-corrected chi connectivity index (χ4v) is 2.83. The molecule has 0 radical (unpaired) electrons. The third-order valence-electron chi connectivity index (χ3n) is 4.30. The van der Waals surface area contributed by atoms with Gasteiger partial charge >= 0.3 is 5.97 Å². The van der Waals surface area contributed by atoms with Gasteiger partial charge in [-0.15, -0.1) is 0 Å². The van der Waals surface area contributed by atoms with Gasteiger partial charge in [-0.1, -0.05) is 24.3 Å². The third kappa shape index (κ3) is 2.83. The van der Waals surface area contributed by atoms with Crippen molar-refractivity contribution in [2.75, 3.05) is 6.61 Å². The van der Waals surface area contributed by atoms with Crippen molar-refractivity contribution in [3.63, 3.8) is 0 Å². The maximum absolute atomic E-state index is 11.6. The van der Waals surface area contributed by atoms with Crippen LogP contribution in [0.15, 0.2) is 54.7 Å². The average molecular weight is 319 g/mol. The van der Waals surface area contributed by atoms with E-state index in [9.17, 15) is 9.90 Å². The molecule has 1 aliphatic rings. The third-order valence-corrected chi connectivity index (χ3v) is 4.30. The minimum atomic E-state index is -0.975. The van der Waals surface area contributed by atoms with Crippen LogP contribution < -0.4 is 4.74 Å². The molecule has 4 heteroatoms. The van der Waals surface area contributed by atoms with Crippen molar-refractivity contribution in [2.24, 2.45) is 5.92 Å². The van der Waals surface area contributed by atoms with Gasteiger partial charge in [-0.25, -0.2) is 4.79 Å². The number of fused-ring (bicyclic) bond motifs is 1. The highest BCUT2D eigenvalue weighted by atomic mass is 16.5. The maximum atomic E-state index is 11.6. The molecule has 4 nitrogen and oxygen atoms in total. The minimum absolute atomic E-state index is 0.208. The SMILES string of the molecule is O=C(O)c1cc(-c2ccccc2OCC2CC2)cc2cccnc12. The zero-order valence-corrected chi connectivity index (χ0v) is 13.1. The number of carboxylic acid groups (broad SMARTS) is 1. The fraction of sp³-hybridized carbons (Fsp3) is 0.200. The van der Waals surface area contributed by atoms with Gasteiger partial charge in [-0.3, -0.25) is 4.98 Å². The molecule has 1 saturated carbocycles. The molecule has 1 fully saturated rings. The van der Waals surface area contributed by atoms with Crippen LogP contribution in [0.5, 0.6) is 5.75 Å². The Labute approximate surface area is 139 Å². The molecule has 1 heterocycles. The molecule has 1 N–H and O–H groups in total. The van der Waals surface area contributed by atoms with Crippen molar-refractivity contribution in [3.8, 4) is 16.9 Å². The summed E-state index contributed by atoms with van der Waals surface area (Å²) in [5.74, 6) is 0.481. The second kappa shape index (κ2) is 5.96. The minimum Gasteiger partial charge on any atom is -0.493 e. The first-order chi connectivity index (χ1) is 11.7. The Bertz CT molecular complexity index is 916. The average Bonchev–Trinajstić information content (AvgIpc) is 3.43. The molecule has 3 aromatic rings. The summed E-state index contributed by atoms with van der Waals surface area (Å²) < 4.78 is 5.96. The summed E-state index contributed by atoms with van der Waals surface area (Å²) in [4.78, 5) is 15.9. The molecule has 0 unspecified atom stereocenters. The number of pyridine rings is 1. The van der Waals surface area contributed by atoms with E-state index in [-0.39, 0.29) is 5.56 Å². The second-order valence-corrected chi connectivity index (χ2v) is 6.15. The van der Waals surface area contributed by atoms with Crippen molar-refractivity contribution in [1.82, 2.24) is 4.98 Å². The molecule has 4 rings (SSSR count). The fourth-order valence-electron chi connectivity index (χ4n) is 2.83. The number of hydrogen-bond acceptors (Lipinski definition) is 3. The van der Waals surface area contributed by atoms with E-state index in [0.717, 1.165) is 28.9 Å². The Balaban J connectivity index is 1.82. The molecule has 0 amide bonds. The summed E-state index contributed by atoms with van der Waals surface area (Å²) >= 11 is 0. The van der Waals surface area contributed by atoms with E-state index in [4.69, 9.17) is 4.74 Å². The molecule has 120 valence electrons. The van der Waals surface area contributed by atoms with Crippen LogP contribution in [0, 0.1) is 5.92 Å². The summed E-state index contributed by atoms with van der Waals surface area (Å²) in [7, 11) is 0. The van der Waals surface area contributed by atoms with Gasteiger partial charge in [0.15, 0.2) is 0 Å². The van der Waals surface area contributed by atoms with Crippen LogP contribution in [0.2, 0.25) is 0 Å². The summed E-state index contributed by atoms with van der Waals surface area (Å²) in [6, 6.07) is 15.1. The smallest absolute Gasteiger partial charge is 0.337 e. The molecule has 1 aliphatic carbocycles. The van der Waals surface area contributed by atoms with Crippen LogP contribution in [-0.2, 0) is 0 Å². The lowest BCUT2D eigenvalue weighted by molar-refractivity contribution is 0.0699. The molecule has 0 saturated heterocycles. The van der Waals surface area contributed by atoms with Gasteiger partial charge in [-0.2, -0.15) is 0 Å². The van der Waals surface area contributed by atoms with Gasteiger partial charge in [0.1, 0.15) is 5.75 Å². The predicted molar refractivity (Wildman–Crippen MR) is 92.4 cm³/mol. The Morgan fingerprint density at radius 3 is 2.79 bits per heavy atom. The van der Waals surface area contributed by atoms with E-state index in [1.165, 1.54) is 12.8 Å². The zero-order chi connectivity index (χ0) is 16.5. The van der Waals surface area contributed by atoms with Gasteiger partial charge in [0.2, 0.25) is 0 Å². The maximum Gasteiger partial charge on any atom is 0.337 e. The van der Waals surface area contributed by atoms with Crippen LogP contribution in [-0.4, -0.2) is 22.7 Å². The number of para-hydroxylation sites is 1. The molecule has 2 aromatic carbocycles. The molecule has 0 atom stereocenters. The number of ether oxygens (including phenoxy) is 1. The molecule has 24 heavy (non-hydrogen) atoms.